The molecule has 94 valence electrons. The lowest BCUT2D eigenvalue weighted by atomic mass is 10.2. The number of hydrogen-bond acceptors (Lipinski definition) is 5. The van der Waals surface area contributed by atoms with Gasteiger partial charge in [-0.05, 0) is 24.3 Å². The molecule has 1 aromatic carbocycles. The Kier molecular flexibility index (Phi) is 3.35. The minimum Gasteiger partial charge on any atom is -0.321 e. The normalized spacial score (nSPS) is 10.3. The summed E-state index contributed by atoms with van der Waals surface area (Å²) < 4.78 is 0. The third kappa shape index (κ3) is 2.69. The summed E-state index contributed by atoms with van der Waals surface area (Å²) in [5.41, 5.74) is 3.87. The molecule has 4 nitrogen and oxygen atoms in total. The summed E-state index contributed by atoms with van der Waals surface area (Å²) in [4.78, 5) is 20.0. The van der Waals surface area contributed by atoms with Crippen LogP contribution >= 0.6 is 22.7 Å². The lowest BCUT2D eigenvalue weighted by Gasteiger charge is -2.03. The fourth-order valence-electron chi connectivity index (χ4n) is 1.58. The minimum absolute atomic E-state index is 0.191. The molecule has 0 radical (unpaired) electrons. The minimum atomic E-state index is -0.191. The molecule has 19 heavy (non-hydrogen) atoms. The van der Waals surface area contributed by atoms with Crippen LogP contribution in [0.25, 0.3) is 10.6 Å². The molecule has 0 saturated heterocycles. The number of carbonyl (C=O) groups excluding carboxylic acids is 1. The van der Waals surface area contributed by atoms with E-state index in [0.717, 1.165) is 16.3 Å². The SMILES string of the molecule is O=C(Nc1ccc(-c2nccs2)cc1)c1cscn1. The molecule has 3 aromatic rings. The molecule has 0 spiro atoms. The van der Waals surface area contributed by atoms with E-state index in [-0.39, 0.29) is 5.91 Å². The average molecular weight is 287 g/mol. The smallest absolute Gasteiger partial charge is 0.275 e. The molecule has 0 aliphatic heterocycles. The second-order valence-corrected chi connectivity index (χ2v) is 5.36. The highest BCUT2D eigenvalue weighted by Gasteiger charge is 2.08. The summed E-state index contributed by atoms with van der Waals surface area (Å²) >= 11 is 2.99. The molecular weight excluding hydrogens is 278 g/mol. The van der Waals surface area contributed by atoms with Gasteiger partial charge in [-0.25, -0.2) is 9.97 Å². The molecule has 0 fully saturated rings. The van der Waals surface area contributed by atoms with Gasteiger partial charge in [0.15, 0.2) is 0 Å². The number of nitrogens with zero attached hydrogens (tertiary/aromatic N) is 2. The number of benzene rings is 1. The maximum Gasteiger partial charge on any atom is 0.275 e. The zero-order valence-corrected chi connectivity index (χ0v) is 11.4. The van der Waals surface area contributed by atoms with Gasteiger partial charge in [0.2, 0.25) is 0 Å². The summed E-state index contributed by atoms with van der Waals surface area (Å²) in [6, 6.07) is 7.60. The number of rotatable bonds is 3. The van der Waals surface area contributed by atoms with E-state index in [2.05, 4.69) is 15.3 Å². The van der Waals surface area contributed by atoms with Crippen molar-refractivity contribution >= 4 is 34.3 Å². The van der Waals surface area contributed by atoms with Gasteiger partial charge in [-0.1, -0.05) is 0 Å². The summed E-state index contributed by atoms with van der Waals surface area (Å²) in [7, 11) is 0. The fraction of sp³-hybridized carbons (Fsp3) is 0. The van der Waals surface area contributed by atoms with Gasteiger partial charge in [0, 0.05) is 28.2 Å². The molecule has 0 atom stereocenters. The predicted octanol–water partition coefficient (Wildman–Crippen LogP) is 3.52. The van der Waals surface area contributed by atoms with E-state index in [0.29, 0.717) is 5.69 Å². The van der Waals surface area contributed by atoms with E-state index in [1.165, 1.54) is 11.3 Å². The second kappa shape index (κ2) is 5.29. The van der Waals surface area contributed by atoms with Crippen molar-refractivity contribution in [3.8, 4) is 10.6 Å². The van der Waals surface area contributed by atoms with Crippen molar-refractivity contribution in [2.75, 3.05) is 5.32 Å². The topological polar surface area (TPSA) is 54.9 Å². The second-order valence-electron chi connectivity index (χ2n) is 3.74. The number of anilines is 1. The van der Waals surface area contributed by atoms with Crippen LogP contribution in [0.1, 0.15) is 10.5 Å². The molecule has 0 saturated carbocycles. The van der Waals surface area contributed by atoms with Gasteiger partial charge >= 0.3 is 0 Å². The Balaban J connectivity index is 1.75. The summed E-state index contributed by atoms with van der Waals surface area (Å²) in [6.07, 6.45) is 1.78. The first-order valence-corrected chi connectivity index (χ1v) is 7.34. The van der Waals surface area contributed by atoms with Crippen LogP contribution in [0.3, 0.4) is 0 Å². The Morgan fingerprint density at radius 3 is 2.63 bits per heavy atom. The third-order valence-electron chi connectivity index (χ3n) is 2.49. The molecule has 0 bridgehead atoms. The van der Waals surface area contributed by atoms with Crippen LogP contribution in [-0.2, 0) is 0 Å². The molecule has 0 aliphatic carbocycles. The summed E-state index contributed by atoms with van der Waals surface area (Å²) in [5.74, 6) is -0.191. The first kappa shape index (κ1) is 12.0. The van der Waals surface area contributed by atoms with Crippen molar-refractivity contribution in [1.29, 1.82) is 0 Å². The largest absolute Gasteiger partial charge is 0.321 e. The number of hydrogen-bond donors (Lipinski definition) is 1. The zero-order chi connectivity index (χ0) is 13.1. The number of aromatic nitrogens is 2. The Bertz CT molecular complexity index is 661. The van der Waals surface area contributed by atoms with Crippen molar-refractivity contribution < 1.29 is 4.79 Å². The number of carbonyl (C=O) groups is 1. The molecular formula is C13H9N3OS2. The van der Waals surface area contributed by atoms with Crippen LogP contribution in [0.4, 0.5) is 5.69 Å². The van der Waals surface area contributed by atoms with Crippen molar-refractivity contribution in [3.63, 3.8) is 0 Å². The number of nitrogens with one attached hydrogen (secondary N) is 1. The Labute approximate surface area is 117 Å². The molecule has 3 rings (SSSR count). The average Bonchev–Trinajstić information content (AvgIpc) is 3.13. The molecule has 0 unspecified atom stereocenters. The van der Waals surface area contributed by atoms with Crippen LogP contribution in [0.2, 0.25) is 0 Å². The van der Waals surface area contributed by atoms with Gasteiger partial charge < -0.3 is 5.32 Å². The Morgan fingerprint density at radius 2 is 2.00 bits per heavy atom. The first-order chi connectivity index (χ1) is 9.33. The van der Waals surface area contributed by atoms with Crippen LogP contribution in [-0.4, -0.2) is 15.9 Å². The van der Waals surface area contributed by atoms with Crippen molar-refractivity contribution in [2.45, 2.75) is 0 Å². The highest BCUT2D eigenvalue weighted by Crippen LogP contribution is 2.23. The quantitative estimate of drug-likeness (QED) is 0.802. The number of amides is 1. The van der Waals surface area contributed by atoms with Crippen LogP contribution < -0.4 is 5.32 Å². The summed E-state index contributed by atoms with van der Waals surface area (Å²) in [6.45, 7) is 0. The van der Waals surface area contributed by atoms with E-state index in [4.69, 9.17) is 0 Å². The number of thiazole rings is 2. The van der Waals surface area contributed by atoms with Gasteiger partial charge in [0.25, 0.3) is 5.91 Å². The van der Waals surface area contributed by atoms with E-state index >= 15 is 0 Å². The first-order valence-electron chi connectivity index (χ1n) is 5.52. The van der Waals surface area contributed by atoms with E-state index in [1.807, 2.05) is 29.6 Å². The van der Waals surface area contributed by atoms with Crippen molar-refractivity contribution in [3.05, 3.63) is 52.4 Å². The fourth-order valence-corrected chi connectivity index (χ4v) is 2.76. The van der Waals surface area contributed by atoms with Gasteiger partial charge in [-0.3, -0.25) is 4.79 Å². The lowest BCUT2D eigenvalue weighted by molar-refractivity contribution is 0.102. The van der Waals surface area contributed by atoms with E-state index < -0.39 is 0 Å². The third-order valence-corrected chi connectivity index (χ3v) is 3.90. The standard InChI is InChI=1S/C13H9N3OS2/c17-12(11-7-18-8-15-11)16-10-3-1-9(2-4-10)13-14-5-6-19-13/h1-8H,(H,16,17). The van der Waals surface area contributed by atoms with Gasteiger partial charge in [0.1, 0.15) is 10.7 Å². The van der Waals surface area contributed by atoms with Crippen LogP contribution in [0, 0.1) is 0 Å². The monoisotopic (exact) mass is 287 g/mol. The van der Waals surface area contributed by atoms with E-state index in [9.17, 15) is 4.79 Å². The maximum atomic E-state index is 11.8. The van der Waals surface area contributed by atoms with Crippen LogP contribution in [0.5, 0.6) is 0 Å². The van der Waals surface area contributed by atoms with Gasteiger partial charge in [-0.15, -0.1) is 22.7 Å². The van der Waals surface area contributed by atoms with E-state index in [1.54, 1.807) is 28.4 Å². The predicted molar refractivity (Wildman–Crippen MR) is 77.6 cm³/mol. The lowest BCUT2D eigenvalue weighted by Crippen LogP contribution is -2.11. The Hall–Kier alpha value is -2.05. The Morgan fingerprint density at radius 1 is 1.16 bits per heavy atom. The molecule has 0 aliphatic rings. The highest BCUT2D eigenvalue weighted by atomic mass is 32.1. The maximum absolute atomic E-state index is 11.8. The molecule has 6 heteroatoms. The van der Waals surface area contributed by atoms with Gasteiger partial charge in [0.05, 0.1) is 5.51 Å². The zero-order valence-electron chi connectivity index (χ0n) is 9.74. The highest BCUT2D eigenvalue weighted by molar-refractivity contribution is 7.13. The molecule has 2 heterocycles. The molecule has 2 aromatic heterocycles. The van der Waals surface area contributed by atoms with Crippen molar-refractivity contribution in [2.24, 2.45) is 0 Å². The van der Waals surface area contributed by atoms with Crippen molar-refractivity contribution in [1.82, 2.24) is 9.97 Å². The van der Waals surface area contributed by atoms with Gasteiger partial charge in [-0.2, -0.15) is 0 Å². The molecule has 1 N–H and O–H groups in total. The van der Waals surface area contributed by atoms with Crippen LogP contribution in [0.15, 0.2) is 46.7 Å². The molecule has 1 amide bonds. The summed E-state index contributed by atoms with van der Waals surface area (Å²) in [5, 5.41) is 7.43.